The SMILES string of the molecule is CC[C@H](Nc1nc(Br)cnc1N)c1ccccc1. The summed E-state index contributed by atoms with van der Waals surface area (Å²) in [4.78, 5) is 8.37. The molecule has 1 atom stereocenters. The first-order chi connectivity index (χ1) is 8.70. The Morgan fingerprint density at radius 2 is 2.06 bits per heavy atom. The lowest BCUT2D eigenvalue weighted by Crippen LogP contribution is -2.13. The zero-order valence-electron chi connectivity index (χ0n) is 10.1. The van der Waals surface area contributed by atoms with Gasteiger partial charge in [0.2, 0.25) is 0 Å². The fraction of sp³-hybridized carbons (Fsp3) is 0.231. The van der Waals surface area contributed by atoms with Crippen molar-refractivity contribution in [2.45, 2.75) is 19.4 Å². The van der Waals surface area contributed by atoms with E-state index in [2.05, 4.69) is 50.3 Å². The van der Waals surface area contributed by atoms with Crippen molar-refractivity contribution in [3.8, 4) is 0 Å². The second kappa shape index (κ2) is 5.82. The van der Waals surface area contributed by atoms with Crippen molar-refractivity contribution in [1.82, 2.24) is 9.97 Å². The van der Waals surface area contributed by atoms with Crippen molar-refractivity contribution in [2.75, 3.05) is 11.1 Å². The van der Waals surface area contributed by atoms with E-state index >= 15 is 0 Å². The fourth-order valence-electron chi connectivity index (χ4n) is 1.75. The summed E-state index contributed by atoms with van der Waals surface area (Å²) < 4.78 is 0.669. The Morgan fingerprint density at radius 1 is 1.33 bits per heavy atom. The van der Waals surface area contributed by atoms with Crippen LogP contribution in [0.5, 0.6) is 0 Å². The lowest BCUT2D eigenvalue weighted by molar-refractivity contribution is 0.743. The van der Waals surface area contributed by atoms with Gasteiger partial charge in [0.1, 0.15) is 4.60 Å². The number of rotatable bonds is 4. The van der Waals surface area contributed by atoms with Gasteiger partial charge in [0.15, 0.2) is 11.6 Å². The van der Waals surface area contributed by atoms with Crippen molar-refractivity contribution in [1.29, 1.82) is 0 Å². The van der Waals surface area contributed by atoms with Crippen LogP contribution >= 0.6 is 15.9 Å². The van der Waals surface area contributed by atoms with Gasteiger partial charge in [-0.2, -0.15) is 0 Å². The third-order valence-corrected chi connectivity index (χ3v) is 3.07. The molecule has 1 heterocycles. The van der Waals surface area contributed by atoms with E-state index in [0.29, 0.717) is 16.2 Å². The minimum absolute atomic E-state index is 0.178. The molecule has 0 radical (unpaired) electrons. The van der Waals surface area contributed by atoms with Crippen LogP contribution in [0, 0.1) is 0 Å². The second-order valence-electron chi connectivity index (χ2n) is 3.94. The molecule has 0 spiro atoms. The molecule has 0 saturated heterocycles. The fourth-order valence-corrected chi connectivity index (χ4v) is 2.03. The summed E-state index contributed by atoms with van der Waals surface area (Å²) in [5.74, 6) is 1.02. The summed E-state index contributed by atoms with van der Waals surface area (Å²) in [6, 6.07) is 10.4. The lowest BCUT2D eigenvalue weighted by Gasteiger charge is -2.18. The minimum atomic E-state index is 0.178. The Morgan fingerprint density at radius 3 is 2.72 bits per heavy atom. The molecular formula is C13H15BrN4. The van der Waals surface area contributed by atoms with Gasteiger partial charge >= 0.3 is 0 Å². The molecule has 0 unspecified atom stereocenters. The Kier molecular flexibility index (Phi) is 4.15. The number of nitrogen functional groups attached to an aromatic ring is 1. The number of aromatic nitrogens is 2. The molecule has 4 nitrogen and oxygen atoms in total. The van der Waals surface area contributed by atoms with Gasteiger partial charge in [-0.1, -0.05) is 37.3 Å². The monoisotopic (exact) mass is 306 g/mol. The topological polar surface area (TPSA) is 63.8 Å². The highest BCUT2D eigenvalue weighted by Gasteiger charge is 2.12. The molecule has 0 aliphatic heterocycles. The first-order valence-corrected chi connectivity index (χ1v) is 6.59. The Hall–Kier alpha value is -1.62. The van der Waals surface area contributed by atoms with E-state index in [-0.39, 0.29) is 6.04 Å². The maximum absolute atomic E-state index is 5.81. The van der Waals surface area contributed by atoms with Crippen LogP contribution in [0.2, 0.25) is 0 Å². The van der Waals surface area contributed by atoms with Gasteiger partial charge in [-0.3, -0.25) is 0 Å². The summed E-state index contributed by atoms with van der Waals surface area (Å²) in [6.45, 7) is 2.12. The Labute approximate surface area is 115 Å². The van der Waals surface area contributed by atoms with Crippen LogP contribution in [0.1, 0.15) is 24.9 Å². The molecule has 0 amide bonds. The Bertz CT molecular complexity index is 516. The molecule has 0 bridgehead atoms. The third kappa shape index (κ3) is 2.98. The van der Waals surface area contributed by atoms with Crippen LogP contribution in [-0.2, 0) is 0 Å². The molecule has 3 N–H and O–H groups in total. The molecule has 0 aliphatic carbocycles. The molecule has 0 saturated carbocycles. The van der Waals surface area contributed by atoms with Crippen LogP contribution in [0.25, 0.3) is 0 Å². The number of hydrogen-bond donors (Lipinski definition) is 2. The van der Waals surface area contributed by atoms with E-state index in [1.165, 1.54) is 5.56 Å². The number of nitrogens with one attached hydrogen (secondary N) is 1. The summed E-state index contributed by atoms with van der Waals surface area (Å²) in [5, 5.41) is 3.33. The highest BCUT2D eigenvalue weighted by atomic mass is 79.9. The molecule has 2 rings (SSSR count). The third-order valence-electron chi connectivity index (χ3n) is 2.69. The average molecular weight is 307 g/mol. The predicted octanol–water partition coefficient (Wildman–Crippen LogP) is 3.38. The minimum Gasteiger partial charge on any atom is -0.381 e. The van der Waals surface area contributed by atoms with Gasteiger partial charge in [0.25, 0.3) is 0 Å². The smallest absolute Gasteiger partial charge is 0.170 e. The molecule has 1 aromatic carbocycles. The predicted molar refractivity (Wildman–Crippen MR) is 77.2 cm³/mol. The summed E-state index contributed by atoms with van der Waals surface area (Å²) in [6.07, 6.45) is 2.53. The van der Waals surface area contributed by atoms with E-state index in [0.717, 1.165) is 6.42 Å². The van der Waals surface area contributed by atoms with Crippen LogP contribution in [-0.4, -0.2) is 9.97 Å². The molecule has 2 aromatic rings. The van der Waals surface area contributed by atoms with Crippen LogP contribution in [0.15, 0.2) is 41.1 Å². The summed E-state index contributed by atoms with van der Waals surface area (Å²) in [7, 11) is 0. The maximum Gasteiger partial charge on any atom is 0.170 e. The molecule has 0 aliphatic rings. The zero-order valence-corrected chi connectivity index (χ0v) is 11.7. The summed E-state index contributed by atoms with van der Waals surface area (Å²) >= 11 is 3.30. The number of nitrogens with two attached hydrogens (primary N) is 1. The quantitative estimate of drug-likeness (QED) is 0.909. The van der Waals surface area contributed by atoms with Crippen LogP contribution in [0.4, 0.5) is 11.6 Å². The van der Waals surface area contributed by atoms with Gasteiger partial charge < -0.3 is 11.1 Å². The van der Waals surface area contributed by atoms with E-state index in [1.54, 1.807) is 6.20 Å². The number of anilines is 2. The molecule has 5 heteroatoms. The van der Waals surface area contributed by atoms with Crippen molar-refractivity contribution in [2.24, 2.45) is 0 Å². The lowest BCUT2D eigenvalue weighted by atomic mass is 10.0. The molecular weight excluding hydrogens is 292 g/mol. The van der Waals surface area contributed by atoms with E-state index in [4.69, 9.17) is 5.73 Å². The largest absolute Gasteiger partial charge is 0.381 e. The molecule has 1 aromatic heterocycles. The van der Waals surface area contributed by atoms with Crippen molar-refractivity contribution < 1.29 is 0 Å². The van der Waals surface area contributed by atoms with Gasteiger partial charge in [0.05, 0.1) is 12.2 Å². The number of benzene rings is 1. The highest BCUT2D eigenvalue weighted by molar-refractivity contribution is 9.10. The van der Waals surface area contributed by atoms with E-state index in [9.17, 15) is 0 Å². The standard InChI is InChI=1S/C13H15BrN4/c1-2-10(9-6-4-3-5-7-9)17-13-12(15)16-8-11(14)18-13/h3-8,10H,2H2,1H3,(H2,15,16)(H,17,18)/t10-/m0/s1. The van der Waals surface area contributed by atoms with Crippen LogP contribution < -0.4 is 11.1 Å². The Balaban J connectivity index is 2.23. The van der Waals surface area contributed by atoms with E-state index < -0.39 is 0 Å². The molecule has 94 valence electrons. The van der Waals surface area contributed by atoms with E-state index in [1.807, 2.05) is 18.2 Å². The first kappa shape index (κ1) is 12.8. The van der Waals surface area contributed by atoms with Gasteiger partial charge in [-0.25, -0.2) is 9.97 Å². The maximum atomic E-state index is 5.81. The van der Waals surface area contributed by atoms with Crippen LogP contribution in [0.3, 0.4) is 0 Å². The van der Waals surface area contributed by atoms with Crippen molar-refractivity contribution >= 4 is 27.6 Å². The molecule has 0 fully saturated rings. The number of hydrogen-bond acceptors (Lipinski definition) is 4. The van der Waals surface area contributed by atoms with Gasteiger partial charge in [-0.05, 0) is 27.9 Å². The van der Waals surface area contributed by atoms with Crippen molar-refractivity contribution in [3.05, 3.63) is 46.7 Å². The van der Waals surface area contributed by atoms with Gasteiger partial charge in [0, 0.05) is 0 Å². The average Bonchev–Trinajstić information content (AvgIpc) is 2.41. The normalized spacial score (nSPS) is 12.1. The highest BCUT2D eigenvalue weighted by Crippen LogP contribution is 2.24. The van der Waals surface area contributed by atoms with Gasteiger partial charge in [-0.15, -0.1) is 0 Å². The number of nitrogens with zero attached hydrogens (tertiary/aromatic N) is 2. The second-order valence-corrected chi connectivity index (χ2v) is 4.75. The summed E-state index contributed by atoms with van der Waals surface area (Å²) in [5.41, 5.74) is 7.02. The number of halogens is 1. The first-order valence-electron chi connectivity index (χ1n) is 5.80. The zero-order chi connectivity index (χ0) is 13.0. The van der Waals surface area contributed by atoms with Crippen molar-refractivity contribution in [3.63, 3.8) is 0 Å². The molecule has 18 heavy (non-hydrogen) atoms.